The van der Waals surface area contributed by atoms with Crippen LogP contribution in [0.2, 0.25) is 0 Å². The Bertz CT molecular complexity index is 1970. The van der Waals surface area contributed by atoms with Crippen molar-refractivity contribution < 1.29 is 23.4 Å². The second-order valence-electron chi connectivity index (χ2n) is 10.6. The van der Waals surface area contributed by atoms with E-state index in [0.29, 0.717) is 30.9 Å². The number of hydrogen-bond donors (Lipinski definition) is 1. The van der Waals surface area contributed by atoms with E-state index >= 15 is 0 Å². The quantitative estimate of drug-likeness (QED) is 0.210. The van der Waals surface area contributed by atoms with Gasteiger partial charge in [-0.05, 0) is 59.5 Å². The van der Waals surface area contributed by atoms with Crippen molar-refractivity contribution in [2.75, 3.05) is 0 Å². The zero-order valence-electron chi connectivity index (χ0n) is 22.4. The summed E-state index contributed by atoms with van der Waals surface area (Å²) < 4.78 is 35.2. The molecule has 0 aliphatic heterocycles. The van der Waals surface area contributed by atoms with Gasteiger partial charge in [-0.3, -0.25) is 4.79 Å². The Morgan fingerprint density at radius 1 is 0.857 bits per heavy atom. The zero-order chi connectivity index (χ0) is 28.8. The van der Waals surface area contributed by atoms with Crippen LogP contribution in [0.1, 0.15) is 29.4 Å². The predicted octanol–water partition coefficient (Wildman–Crippen LogP) is 7.35. The van der Waals surface area contributed by atoms with E-state index in [0.717, 1.165) is 50.6 Å². The van der Waals surface area contributed by atoms with Crippen molar-refractivity contribution in [3.8, 4) is 16.9 Å². The Kier molecular flexibility index (Phi) is 6.38. The first-order valence-electron chi connectivity index (χ1n) is 13.7. The molecule has 1 aliphatic rings. The number of ether oxygens (including phenoxy) is 1. The first-order valence-corrected chi connectivity index (χ1v) is 13.7. The monoisotopic (exact) mass is 561 g/mol. The summed E-state index contributed by atoms with van der Waals surface area (Å²) in [6.45, 7) is 0.784. The van der Waals surface area contributed by atoms with Gasteiger partial charge < -0.3 is 14.4 Å². The lowest BCUT2D eigenvalue weighted by atomic mass is 10.0. The summed E-state index contributed by atoms with van der Waals surface area (Å²) in [6, 6.07) is 29.1. The van der Waals surface area contributed by atoms with Gasteiger partial charge in [0.1, 0.15) is 18.2 Å². The van der Waals surface area contributed by atoms with E-state index in [2.05, 4.69) is 9.55 Å². The van der Waals surface area contributed by atoms with Gasteiger partial charge in [0.2, 0.25) is 0 Å². The summed E-state index contributed by atoms with van der Waals surface area (Å²) in [4.78, 5) is 21.2. The molecule has 0 radical (unpaired) electrons. The fourth-order valence-electron chi connectivity index (χ4n) is 5.43. The number of carbonyl (C=O) groups is 1. The maximum Gasteiger partial charge on any atom is 0.307 e. The van der Waals surface area contributed by atoms with Crippen molar-refractivity contribution in [3.05, 3.63) is 126 Å². The van der Waals surface area contributed by atoms with Crippen LogP contribution in [0.15, 0.2) is 97.1 Å². The number of aliphatic carboxylic acids is 1. The number of carboxylic acid groups (broad SMARTS) is 1. The molecule has 8 heteroatoms. The molecule has 0 amide bonds. The number of benzene rings is 4. The molecule has 0 saturated heterocycles. The van der Waals surface area contributed by atoms with E-state index in [1.807, 2.05) is 78.9 Å². The van der Waals surface area contributed by atoms with Crippen LogP contribution in [0.4, 0.5) is 8.78 Å². The highest BCUT2D eigenvalue weighted by Gasteiger charge is 2.47. The minimum Gasteiger partial charge on any atom is -0.487 e. The summed E-state index contributed by atoms with van der Waals surface area (Å²) in [5.74, 6) is -1.82. The number of hydrogen-bond acceptors (Lipinski definition) is 4. The van der Waals surface area contributed by atoms with Crippen LogP contribution in [0.3, 0.4) is 0 Å². The van der Waals surface area contributed by atoms with Gasteiger partial charge in [0.15, 0.2) is 11.6 Å². The molecule has 2 heterocycles. The number of halogens is 2. The van der Waals surface area contributed by atoms with Gasteiger partial charge in [-0.25, -0.2) is 18.7 Å². The molecule has 2 atom stereocenters. The van der Waals surface area contributed by atoms with E-state index in [9.17, 15) is 18.7 Å². The third-order valence-electron chi connectivity index (χ3n) is 7.78. The molecule has 4 aromatic carbocycles. The Labute approximate surface area is 239 Å². The van der Waals surface area contributed by atoms with Gasteiger partial charge in [-0.2, -0.15) is 0 Å². The van der Waals surface area contributed by atoms with Gasteiger partial charge in [0.25, 0.3) is 0 Å². The molecule has 0 spiro atoms. The average molecular weight is 562 g/mol. The van der Waals surface area contributed by atoms with Crippen LogP contribution in [-0.2, 0) is 17.9 Å². The Balaban J connectivity index is 1.16. The molecule has 2 unspecified atom stereocenters. The van der Waals surface area contributed by atoms with Crippen LogP contribution >= 0.6 is 0 Å². The van der Waals surface area contributed by atoms with Crippen molar-refractivity contribution in [1.82, 2.24) is 14.5 Å². The Morgan fingerprint density at radius 3 is 2.45 bits per heavy atom. The maximum absolute atomic E-state index is 13.7. The van der Waals surface area contributed by atoms with Crippen LogP contribution in [0, 0.1) is 17.6 Å². The molecule has 1 aliphatic carbocycles. The van der Waals surface area contributed by atoms with Crippen LogP contribution in [-0.4, -0.2) is 25.6 Å². The number of carboxylic acids is 1. The van der Waals surface area contributed by atoms with E-state index in [4.69, 9.17) is 9.72 Å². The molecule has 0 bridgehead atoms. The SMILES string of the molecule is O=C(O)C1CC1c1nc2cc(OCc3ccc4ccccc4n3)ccc2n1Cc1ccc(-c2ccc(F)c(F)c2)cc1. The predicted molar refractivity (Wildman–Crippen MR) is 155 cm³/mol. The number of fused-ring (bicyclic) bond motifs is 2. The van der Waals surface area contributed by atoms with Gasteiger partial charge in [0.05, 0.1) is 28.2 Å². The summed E-state index contributed by atoms with van der Waals surface area (Å²) >= 11 is 0. The van der Waals surface area contributed by atoms with Crippen molar-refractivity contribution in [2.45, 2.75) is 25.5 Å². The number of para-hydroxylation sites is 1. The normalized spacial score (nSPS) is 16.1. The topological polar surface area (TPSA) is 77.2 Å². The Hall–Kier alpha value is -5.11. The van der Waals surface area contributed by atoms with Crippen molar-refractivity contribution in [1.29, 1.82) is 0 Å². The minimum absolute atomic E-state index is 0.164. The van der Waals surface area contributed by atoms with Gasteiger partial charge in [-0.15, -0.1) is 0 Å². The van der Waals surface area contributed by atoms with Crippen molar-refractivity contribution in [2.24, 2.45) is 5.92 Å². The zero-order valence-corrected chi connectivity index (χ0v) is 22.4. The molecule has 1 saturated carbocycles. The number of pyridine rings is 1. The second-order valence-corrected chi connectivity index (χ2v) is 10.6. The lowest BCUT2D eigenvalue weighted by Crippen LogP contribution is -2.07. The van der Waals surface area contributed by atoms with Gasteiger partial charge in [-0.1, -0.05) is 54.6 Å². The Morgan fingerprint density at radius 2 is 1.67 bits per heavy atom. The molecule has 7 rings (SSSR count). The molecule has 1 fully saturated rings. The van der Waals surface area contributed by atoms with Crippen LogP contribution < -0.4 is 4.74 Å². The van der Waals surface area contributed by atoms with Crippen molar-refractivity contribution >= 4 is 27.9 Å². The van der Waals surface area contributed by atoms with Gasteiger partial charge in [0, 0.05) is 23.9 Å². The minimum atomic E-state index is -0.889. The van der Waals surface area contributed by atoms with E-state index in [1.165, 1.54) is 6.07 Å². The molecular formula is C34H25F2N3O3. The molecule has 6 nitrogen and oxygen atoms in total. The largest absolute Gasteiger partial charge is 0.487 e. The average Bonchev–Trinajstić information content (AvgIpc) is 3.74. The molecule has 208 valence electrons. The highest BCUT2D eigenvalue weighted by Crippen LogP contribution is 2.48. The second kappa shape index (κ2) is 10.4. The lowest BCUT2D eigenvalue weighted by Gasteiger charge is -2.11. The van der Waals surface area contributed by atoms with Crippen molar-refractivity contribution in [3.63, 3.8) is 0 Å². The van der Waals surface area contributed by atoms with E-state index in [-0.39, 0.29) is 5.92 Å². The molecule has 1 N–H and O–H groups in total. The number of rotatable bonds is 8. The maximum atomic E-state index is 13.7. The highest BCUT2D eigenvalue weighted by atomic mass is 19.2. The molecule has 6 aromatic rings. The first kappa shape index (κ1) is 25.8. The highest BCUT2D eigenvalue weighted by molar-refractivity contribution is 5.80. The molecule has 2 aromatic heterocycles. The van der Waals surface area contributed by atoms with Crippen LogP contribution in [0.5, 0.6) is 5.75 Å². The molecule has 42 heavy (non-hydrogen) atoms. The lowest BCUT2D eigenvalue weighted by molar-refractivity contribution is -0.138. The fraction of sp³-hybridized carbons (Fsp3) is 0.147. The van der Waals surface area contributed by atoms with Gasteiger partial charge >= 0.3 is 5.97 Å². The smallest absolute Gasteiger partial charge is 0.307 e. The van der Waals surface area contributed by atoms with E-state index in [1.54, 1.807) is 6.07 Å². The fourth-order valence-corrected chi connectivity index (χ4v) is 5.43. The standard InChI is InChI=1S/C34H25F2N3O3/c35-28-13-10-23(15-29(28)36)21-7-5-20(6-8-21)18-39-32-14-12-25(16-31(32)38-33(39)26-17-27(26)34(40)41)42-19-24-11-9-22-3-1-2-4-30(22)37-24/h1-16,26-27H,17-19H2,(H,40,41). The summed E-state index contributed by atoms with van der Waals surface area (Å²) in [6.07, 6.45) is 0.546. The summed E-state index contributed by atoms with van der Waals surface area (Å²) in [5.41, 5.74) is 5.65. The van der Waals surface area contributed by atoms with Crippen LogP contribution in [0.25, 0.3) is 33.1 Å². The number of aromatic nitrogens is 3. The first-order chi connectivity index (χ1) is 20.4. The van der Waals surface area contributed by atoms with E-state index < -0.39 is 23.5 Å². The number of imidazole rings is 1. The molecular weight excluding hydrogens is 536 g/mol. The third-order valence-corrected chi connectivity index (χ3v) is 7.78. The number of nitrogens with zero attached hydrogens (tertiary/aromatic N) is 3. The summed E-state index contributed by atoms with van der Waals surface area (Å²) in [5, 5.41) is 10.7. The third kappa shape index (κ3) is 4.96. The summed E-state index contributed by atoms with van der Waals surface area (Å²) in [7, 11) is 0.